The summed E-state index contributed by atoms with van der Waals surface area (Å²) in [6.45, 7) is 0. The molecule has 0 amide bonds. The summed E-state index contributed by atoms with van der Waals surface area (Å²) in [7, 11) is 0. The minimum Gasteiger partial charge on any atom is -0.456 e. The molecule has 6 aromatic carbocycles. The number of nitrogens with zero attached hydrogens (tertiary/aromatic N) is 3. The van der Waals surface area contributed by atoms with Crippen molar-refractivity contribution in [3.05, 3.63) is 164 Å². The van der Waals surface area contributed by atoms with E-state index in [9.17, 15) is 0 Å². The molecule has 0 unspecified atom stereocenters. The van der Waals surface area contributed by atoms with Crippen LogP contribution in [0.25, 0.3) is 100 Å². The maximum Gasteiger partial charge on any atom is 0.160 e. The van der Waals surface area contributed by atoms with E-state index in [0.717, 1.165) is 94.2 Å². The molecule has 4 heterocycles. The van der Waals surface area contributed by atoms with Crippen molar-refractivity contribution in [1.29, 1.82) is 0 Å². The molecule has 0 aliphatic rings. The van der Waals surface area contributed by atoms with Crippen molar-refractivity contribution in [2.75, 3.05) is 0 Å². The van der Waals surface area contributed by atoms with Crippen molar-refractivity contribution >= 4 is 43.9 Å². The molecular weight excluding hydrogens is 615 g/mol. The van der Waals surface area contributed by atoms with Gasteiger partial charge in [-0.05, 0) is 70.8 Å². The van der Waals surface area contributed by atoms with Crippen LogP contribution < -0.4 is 0 Å². The second kappa shape index (κ2) is 11.4. The van der Waals surface area contributed by atoms with Crippen LogP contribution >= 0.6 is 0 Å². The Morgan fingerprint density at radius 2 is 1.02 bits per heavy atom. The Hall–Kier alpha value is -6.85. The second-order valence-corrected chi connectivity index (χ2v) is 12.4. The van der Waals surface area contributed by atoms with Crippen LogP contribution in [-0.4, -0.2) is 15.0 Å². The highest BCUT2D eigenvalue weighted by molar-refractivity contribution is 6.17. The lowest BCUT2D eigenvalue weighted by atomic mass is 9.94. The van der Waals surface area contributed by atoms with Crippen LogP contribution in [0.3, 0.4) is 0 Å². The SMILES string of the molecule is c1ccc(-c2nc(-c3ccccc3-c3ccncc3)cc(-c3ccc(-c4ccc5oc6ccccc6c5c4)c4c3oc3ccccc34)n2)cc1. The Balaban J connectivity index is 1.23. The third kappa shape index (κ3) is 4.60. The summed E-state index contributed by atoms with van der Waals surface area (Å²) in [6.07, 6.45) is 3.64. The van der Waals surface area contributed by atoms with Crippen molar-refractivity contribution in [2.45, 2.75) is 0 Å². The molecule has 0 aliphatic heterocycles. The van der Waals surface area contributed by atoms with Crippen molar-refractivity contribution in [3.63, 3.8) is 0 Å². The van der Waals surface area contributed by atoms with Gasteiger partial charge in [0.1, 0.15) is 22.3 Å². The molecule has 0 bridgehead atoms. The Morgan fingerprint density at radius 3 is 1.84 bits per heavy atom. The number of hydrogen-bond acceptors (Lipinski definition) is 5. The number of hydrogen-bond donors (Lipinski definition) is 0. The van der Waals surface area contributed by atoms with Gasteiger partial charge in [0.2, 0.25) is 0 Å². The lowest BCUT2D eigenvalue weighted by Gasteiger charge is -2.13. The molecule has 0 atom stereocenters. The van der Waals surface area contributed by atoms with Gasteiger partial charge < -0.3 is 8.83 Å². The minimum atomic E-state index is 0.647. The minimum absolute atomic E-state index is 0.647. The van der Waals surface area contributed by atoms with Gasteiger partial charge in [-0.1, -0.05) is 103 Å². The fourth-order valence-corrected chi connectivity index (χ4v) is 7.09. The predicted molar refractivity (Wildman–Crippen MR) is 202 cm³/mol. The number of aromatic nitrogens is 3. The average Bonchev–Trinajstić information content (AvgIpc) is 3.77. The second-order valence-electron chi connectivity index (χ2n) is 12.4. The van der Waals surface area contributed by atoms with Gasteiger partial charge in [-0.25, -0.2) is 9.97 Å². The van der Waals surface area contributed by atoms with Crippen LogP contribution in [0.15, 0.2) is 173 Å². The molecule has 0 aliphatic carbocycles. The predicted octanol–water partition coefficient (Wildman–Crippen LogP) is 12.0. The zero-order valence-electron chi connectivity index (χ0n) is 26.7. The van der Waals surface area contributed by atoms with E-state index in [1.807, 2.05) is 79.1 Å². The van der Waals surface area contributed by atoms with Crippen molar-refractivity contribution in [3.8, 4) is 56.2 Å². The lowest BCUT2D eigenvalue weighted by Crippen LogP contribution is -1.97. The van der Waals surface area contributed by atoms with Crippen molar-refractivity contribution in [1.82, 2.24) is 15.0 Å². The van der Waals surface area contributed by atoms with E-state index >= 15 is 0 Å². The van der Waals surface area contributed by atoms with E-state index in [2.05, 4.69) is 89.9 Å². The number of benzene rings is 6. The zero-order chi connectivity index (χ0) is 33.0. The average molecular weight is 642 g/mol. The molecule has 5 nitrogen and oxygen atoms in total. The van der Waals surface area contributed by atoms with Gasteiger partial charge in [-0.2, -0.15) is 0 Å². The number of pyridine rings is 1. The molecule has 5 heteroatoms. The van der Waals surface area contributed by atoms with E-state index in [4.69, 9.17) is 18.8 Å². The molecule has 0 saturated heterocycles. The molecule has 0 N–H and O–H groups in total. The normalized spacial score (nSPS) is 11.6. The molecule has 10 aromatic rings. The van der Waals surface area contributed by atoms with Crippen LogP contribution in [0.2, 0.25) is 0 Å². The van der Waals surface area contributed by atoms with Gasteiger partial charge >= 0.3 is 0 Å². The molecule has 4 aromatic heterocycles. The molecule has 50 heavy (non-hydrogen) atoms. The first-order chi connectivity index (χ1) is 24.8. The molecule has 10 rings (SSSR count). The number of furan rings is 2. The quantitative estimate of drug-likeness (QED) is 0.187. The summed E-state index contributed by atoms with van der Waals surface area (Å²) in [5.41, 5.74) is 12.1. The van der Waals surface area contributed by atoms with Gasteiger partial charge in [0, 0.05) is 50.6 Å². The van der Waals surface area contributed by atoms with Gasteiger partial charge in [0.15, 0.2) is 5.82 Å². The Kier molecular flexibility index (Phi) is 6.42. The first-order valence-corrected chi connectivity index (χ1v) is 16.6. The monoisotopic (exact) mass is 641 g/mol. The van der Waals surface area contributed by atoms with Gasteiger partial charge in [0.25, 0.3) is 0 Å². The fourth-order valence-electron chi connectivity index (χ4n) is 7.09. The topological polar surface area (TPSA) is 65.0 Å². The largest absolute Gasteiger partial charge is 0.456 e. The van der Waals surface area contributed by atoms with E-state index in [1.54, 1.807) is 0 Å². The molecule has 0 radical (unpaired) electrons. The summed E-state index contributed by atoms with van der Waals surface area (Å²) in [6, 6.07) is 51.8. The van der Waals surface area contributed by atoms with Crippen molar-refractivity contribution < 1.29 is 8.83 Å². The number of para-hydroxylation sites is 2. The van der Waals surface area contributed by atoms with Crippen LogP contribution in [0.1, 0.15) is 0 Å². The Bertz CT molecular complexity index is 2870. The zero-order valence-corrected chi connectivity index (χ0v) is 26.7. The summed E-state index contributed by atoms with van der Waals surface area (Å²) in [5.74, 6) is 0.647. The van der Waals surface area contributed by atoms with Crippen LogP contribution in [0.5, 0.6) is 0 Å². The highest BCUT2D eigenvalue weighted by atomic mass is 16.3. The first kappa shape index (κ1) is 28.2. The van der Waals surface area contributed by atoms with Gasteiger partial charge in [0.05, 0.1) is 11.4 Å². The maximum atomic E-state index is 6.74. The smallest absolute Gasteiger partial charge is 0.160 e. The highest BCUT2D eigenvalue weighted by Gasteiger charge is 2.21. The summed E-state index contributed by atoms with van der Waals surface area (Å²) >= 11 is 0. The summed E-state index contributed by atoms with van der Waals surface area (Å²) in [4.78, 5) is 14.6. The van der Waals surface area contributed by atoms with E-state index in [1.165, 1.54) is 0 Å². The molecule has 234 valence electrons. The van der Waals surface area contributed by atoms with E-state index < -0.39 is 0 Å². The number of fused-ring (bicyclic) bond motifs is 6. The third-order valence-corrected chi connectivity index (χ3v) is 9.44. The molecule has 0 spiro atoms. The van der Waals surface area contributed by atoms with Crippen LogP contribution in [0.4, 0.5) is 0 Å². The number of rotatable bonds is 5. The van der Waals surface area contributed by atoms with Gasteiger partial charge in [-0.15, -0.1) is 0 Å². The summed E-state index contributed by atoms with van der Waals surface area (Å²) in [5, 5.41) is 4.29. The van der Waals surface area contributed by atoms with E-state index in [-0.39, 0.29) is 0 Å². The summed E-state index contributed by atoms with van der Waals surface area (Å²) < 4.78 is 12.9. The van der Waals surface area contributed by atoms with Crippen molar-refractivity contribution in [2.24, 2.45) is 0 Å². The maximum absolute atomic E-state index is 6.74. The van der Waals surface area contributed by atoms with Gasteiger partial charge in [-0.3, -0.25) is 4.98 Å². The first-order valence-electron chi connectivity index (χ1n) is 16.6. The Morgan fingerprint density at radius 1 is 0.380 bits per heavy atom. The van der Waals surface area contributed by atoms with Crippen LogP contribution in [0, 0.1) is 0 Å². The molecule has 0 fully saturated rings. The highest BCUT2D eigenvalue weighted by Crippen LogP contribution is 2.44. The third-order valence-electron chi connectivity index (χ3n) is 9.44. The Labute approximate surface area is 287 Å². The molecule has 0 saturated carbocycles. The fraction of sp³-hybridized carbons (Fsp3) is 0. The standard InChI is InChI=1S/C45H27N3O2/c1-2-10-29(11-3-1)45-47-38(33-13-5-4-12-31(33)28-22-24-46-25-23-28)27-39(48-45)35-20-19-32(43-36-15-7-9-17-41(36)50-44(35)43)30-18-21-42-37(26-30)34-14-6-8-16-40(34)49-42/h1-27H. The van der Waals surface area contributed by atoms with E-state index in [0.29, 0.717) is 5.82 Å². The molecular formula is C45H27N3O2. The van der Waals surface area contributed by atoms with Crippen LogP contribution in [-0.2, 0) is 0 Å². The lowest BCUT2D eigenvalue weighted by molar-refractivity contribution is 0.669.